The van der Waals surface area contributed by atoms with Gasteiger partial charge in [-0.2, -0.15) is 0 Å². The molecule has 2 N–H and O–H groups in total. The van der Waals surface area contributed by atoms with E-state index in [-0.39, 0.29) is 24.0 Å². The zero-order chi connectivity index (χ0) is 13.7. The van der Waals surface area contributed by atoms with Crippen LogP contribution in [0, 0.1) is 11.3 Å². The zero-order valence-corrected chi connectivity index (χ0v) is 15.4. The van der Waals surface area contributed by atoms with Gasteiger partial charge in [-0.25, -0.2) is 0 Å². The van der Waals surface area contributed by atoms with Crippen molar-refractivity contribution < 1.29 is 4.74 Å². The molecule has 118 valence electrons. The summed E-state index contributed by atoms with van der Waals surface area (Å²) >= 11 is 0. The molecule has 0 aromatic rings. The lowest BCUT2D eigenvalue weighted by molar-refractivity contribution is 0.138. The number of methoxy groups -OCH3 is 1. The molecule has 20 heavy (non-hydrogen) atoms. The Bertz CT molecular complexity index is 316. The Morgan fingerprint density at radius 3 is 2.50 bits per heavy atom. The predicted octanol–water partition coefficient (Wildman–Crippen LogP) is 2.77. The van der Waals surface area contributed by atoms with E-state index in [9.17, 15) is 0 Å². The number of rotatable bonds is 6. The minimum Gasteiger partial charge on any atom is -0.385 e. The summed E-state index contributed by atoms with van der Waals surface area (Å²) in [6, 6.07) is 0.629. The molecule has 0 aliphatic heterocycles. The van der Waals surface area contributed by atoms with Crippen molar-refractivity contribution >= 4 is 29.9 Å². The molecule has 0 saturated heterocycles. The summed E-state index contributed by atoms with van der Waals surface area (Å²) in [5, 5.41) is 7.03. The number of hydrogen-bond donors (Lipinski definition) is 2. The number of aliphatic imine (C=N–C) groups is 1. The highest BCUT2D eigenvalue weighted by Crippen LogP contribution is 2.40. The predicted molar refractivity (Wildman–Crippen MR) is 94.9 cm³/mol. The Labute approximate surface area is 140 Å². The lowest BCUT2D eigenvalue weighted by Crippen LogP contribution is -2.44. The molecule has 2 fully saturated rings. The van der Waals surface area contributed by atoms with Gasteiger partial charge < -0.3 is 15.4 Å². The fraction of sp³-hybridized carbons (Fsp3) is 0.933. The Balaban J connectivity index is 0.00000200. The SMILES string of the molecule is CN=C(NCC1(CCOC)CCCC1)NC1CC1C.I. The van der Waals surface area contributed by atoms with Crippen LogP contribution in [0.15, 0.2) is 4.99 Å². The summed E-state index contributed by atoms with van der Waals surface area (Å²) in [7, 11) is 3.66. The van der Waals surface area contributed by atoms with Gasteiger partial charge in [0.05, 0.1) is 0 Å². The maximum Gasteiger partial charge on any atom is 0.191 e. The van der Waals surface area contributed by atoms with Gasteiger partial charge in [0.1, 0.15) is 0 Å². The lowest BCUT2D eigenvalue weighted by Gasteiger charge is -2.30. The molecule has 5 heteroatoms. The third-order valence-electron chi connectivity index (χ3n) is 4.79. The first kappa shape index (κ1) is 18.0. The van der Waals surface area contributed by atoms with Crippen LogP contribution in [0.2, 0.25) is 0 Å². The summed E-state index contributed by atoms with van der Waals surface area (Å²) in [5.41, 5.74) is 0.419. The van der Waals surface area contributed by atoms with Gasteiger partial charge in [0, 0.05) is 33.4 Å². The maximum atomic E-state index is 5.28. The Kier molecular flexibility index (Phi) is 7.58. The smallest absolute Gasteiger partial charge is 0.191 e. The second-order valence-corrected chi connectivity index (χ2v) is 6.34. The Morgan fingerprint density at radius 2 is 2.00 bits per heavy atom. The van der Waals surface area contributed by atoms with Gasteiger partial charge in [-0.3, -0.25) is 4.99 Å². The van der Waals surface area contributed by atoms with Gasteiger partial charge in [-0.1, -0.05) is 19.8 Å². The summed E-state index contributed by atoms with van der Waals surface area (Å²) in [4.78, 5) is 4.34. The summed E-state index contributed by atoms with van der Waals surface area (Å²) in [6.07, 6.45) is 7.79. The third kappa shape index (κ3) is 5.06. The van der Waals surface area contributed by atoms with Crippen LogP contribution in [0.5, 0.6) is 0 Å². The summed E-state index contributed by atoms with van der Waals surface area (Å²) in [5.74, 6) is 1.77. The molecule has 0 bridgehead atoms. The van der Waals surface area contributed by atoms with E-state index in [0.717, 1.165) is 31.4 Å². The van der Waals surface area contributed by atoms with Crippen molar-refractivity contribution in [2.75, 3.05) is 27.3 Å². The van der Waals surface area contributed by atoms with Crippen LogP contribution in [0.3, 0.4) is 0 Å². The van der Waals surface area contributed by atoms with Crippen molar-refractivity contribution in [3.63, 3.8) is 0 Å². The van der Waals surface area contributed by atoms with Gasteiger partial charge in [-0.15, -0.1) is 24.0 Å². The molecule has 2 atom stereocenters. The maximum absolute atomic E-state index is 5.28. The molecular formula is C15H30IN3O. The van der Waals surface area contributed by atoms with Crippen molar-refractivity contribution in [1.82, 2.24) is 10.6 Å². The van der Waals surface area contributed by atoms with E-state index in [1.807, 2.05) is 7.05 Å². The topological polar surface area (TPSA) is 45.7 Å². The van der Waals surface area contributed by atoms with Crippen LogP contribution in [0.25, 0.3) is 0 Å². The number of guanidine groups is 1. The van der Waals surface area contributed by atoms with E-state index >= 15 is 0 Å². The Hall–Kier alpha value is -0.0400. The molecule has 4 nitrogen and oxygen atoms in total. The highest BCUT2D eigenvalue weighted by molar-refractivity contribution is 14.0. The molecule has 0 aromatic carbocycles. The van der Waals surface area contributed by atoms with Gasteiger partial charge in [0.2, 0.25) is 0 Å². The summed E-state index contributed by atoms with van der Waals surface area (Å²) < 4.78 is 5.28. The van der Waals surface area contributed by atoms with Crippen molar-refractivity contribution in [3.8, 4) is 0 Å². The lowest BCUT2D eigenvalue weighted by atomic mass is 9.83. The number of hydrogen-bond acceptors (Lipinski definition) is 2. The van der Waals surface area contributed by atoms with E-state index < -0.39 is 0 Å². The molecule has 2 rings (SSSR count). The molecular weight excluding hydrogens is 365 g/mol. The van der Waals surface area contributed by atoms with E-state index in [2.05, 4.69) is 22.5 Å². The number of nitrogens with zero attached hydrogens (tertiary/aromatic N) is 1. The number of nitrogens with one attached hydrogen (secondary N) is 2. The van der Waals surface area contributed by atoms with Crippen molar-refractivity contribution in [2.45, 2.75) is 51.5 Å². The Morgan fingerprint density at radius 1 is 1.35 bits per heavy atom. The monoisotopic (exact) mass is 395 g/mol. The second kappa shape index (κ2) is 8.41. The molecule has 0 heterocycles. The van der Waals surface area contributed by atoms with Gasteiger partial charge >= 0.3 is 0 Å². The van der Waals surface area contributed by atoms with Gasteiger partial charge in [0.25, 0.3) is 0 Å². The third-order valence-corrected chi connectivity index (χ3v) is 4.79. The molecule has 0 amide bonds. The standard InChI is InChI=1S/C15H29N3O.HI/c1-12-10-13(12)18-14(16-2)17-11-15(8-9-19-3)6-4-5-7-15;/h12-13H,4-11H2,1-3H3,(H2,16,17,18);1H. The average Bonchev–Trinajstić information content (AvgIpc) is 2.92. The molecule has 0 radical (unpaired) electrons. The van der Waals surface area contributed by atoms with Crippen LogP contribution in [-0.2, 0) is 4.74 Å². The van der Waals surface area contributed by atoms with Gasteiger partial charge in [0.15, 0.2) is 5.96 Å². The van der Waals surface area contributed by atoms with Crippen LogP contribution in [0.4, 0.5) is 0 Å². The second-order valence-electron chi connectivity index (χ2n) is 6.34. The molecule has 2 aliphatic carbocycles. The first-order chi connectivity index (χ1) is 9.19. The van der Waals surface area contributed by atoms with E-state index in [1.165, 1.54) is 32.1 Å². The van der Waals surface area contributed by atoms with Crippen molar-refractivity contribution in [1.29, 1.82) is 0 Å². The summed E-state index contributed by atoms with van der Waals surface area (Å²) in [6.45, 7) is 4.17. The van der Waals surface area contributed by atoms with E-state index in [1.54, 1.807) is 7.11 Å². The first-order valence-electron chi connectivity index (χ1n) is 7.65. The first-order valence-corrected chi connectivity index (χ1v) is 7.65. The van der Waals surface area contributed by atoms with Crippen LogP contribution >= 0.6 is 24.0 Å². The zero-order valence-electron chi connectivity index (χ0n) is 13.1. The minimum atomic E-state index is 0. The van der Waals surface area contributed by atoms with Crippen LogP contribution in [-0.4, -0.2) is 39.3 Å². The average molecular weight is 395 g/mol. The van der Waals surface area contributed by atoms with Crippen molar-refractivity contribution in [3.05, 3.63) is 0 Å². The molecule has 2 unspecified atom stereocenters. The molecule has 0 aromatic heterocycles. The highest BCUT2D eigenvalue weighted by atomic mass is 127. The van der Waals surface area contributed by atoms with Crippen LogP contribution < -0.4 is 10.6 Å². The van der Waals surface area contributed by atoms with Crippen molar-refractivity contribution in [2.24, 2.45) is 16.3 Å². The minimum absolute atomic E-state index is 0. The fourth-order valence-electron chi connectivity index (χ4n) is 3.12. The quantitative estimate of drug-likeness (QED) is 0.413. The highest BCUT2D eigenvalue weighted by Gasteiger charge is 2.35. The van der Waals surface area contributed by atoms with E-state index in [0.29, 0.717) is 11.5 Å². The number of halogens is 1. The fourth-order valence-corrected chi connectivity index (χ4v) is 3.12. The molecule has 2 aliphatic rings. The number of ether oxygens (including phenoxy) is 1. The molecule has 0 spiro atoms. The normalized spacial score (nSPS) is 27.9. The van der Waals surface area contributed by atoms with Crippen LogP contribution in [0.1, 0.15) is 45.4 Å². The van der Waals surface area contributed by atoms with E-state index in [4.69, 9.17) is 4.74 Å². The molecule has 2 saturated carbocycles. The largest absolute Gasteiger partial charge is 0.385 e. The van der Waals surface area contributed by atoms with Gasteiger partial charge in [-0.05, 0) is 37.0 Å².